The SMILES string of the molecule is CC(C)c1[nH]ncc1-c1cc(N2CCCC2)nc(N)n1.CN. The van der Waals surface area contributed by atoms with Gasteiger partial charge in [-0.05, 0) is 25.8 Å². The number of nitrogens with one attached hydrogen (secondary N) is 1. The van der Waals surface area contributed by atoms with E-state index in [1.54, 1.807) is 0 Å². The zero-order valence-electron chi connectivity index (χ0n) is 13.5. The third-order valence-electron chi connectivity index (χ3n) is 3.68. The number of nitrogen functional groups attached to an aromatic ring is 1. The average Bonchev–Trinajstić information content (AvgIpc) is 3.20. The molecule has 1 aliphatic rings. The molecule has 0 aliphatic carbocycles. The second-order valence-electron chi connectivity index (χ2n) is 5.52. The van der Waals surface area contributed by atoms with Crippen LogP contribution in [0.3, 0.4) is 0 Å². The van der Waals surface area contributed by atoms with Gasteiger partial charge in [0.05, 0.1) is 11.9 Å². The largest absolute Gasteiger partial charge is 0.368 e. The van der Waals surface area contributed by atoms with Crippen molar-refractivity contribution < 1.29 is 0 Å². The molecule has 0 bridgehead atoms. The van der Waals surface area contributed by atoms with E-state index in [-0.39, 0.29) is 0 Å². The maximum absolute atomic E-state index is 5.88. The fraction of sp³-hybridized carbons (Fsp3) is 0.533. The van der Waals surface area contributed by atoms with Gasteiger partial charge in [0.15, 0.2) is 0 Å². The van der Waals surface area contributed by atoms with Crippen molar-refractivity contribution in [3.63, 3.8) is 0 Å². The van der Waals surface area contributed by atoms with Crippen LogP contribution in [0.1, 0.15) is 38.3 Å². The number of nitrogens with zero attached hydrogens (tertiary/aromatic N) is 4. The van der Waals surface area contributed by atoms with Crippen LogP contribution in [0.2, 0.25) is 0 Å². The minimum Gasteiger partial charge on any atom is -0.368 e. The van der Waals surface area contributed by atoms with Gasteiger partial charge in [-0.1, -0.05) is 13.8 Å². The van der Waals surface area contributed by atoms with E-state index in [4.69, 9.17) is 5.73 Å². The Morgan fingerprint density at radius 2 is 1.86 bits per heavy atom. The molecule has 3 rings (SSSR count). The van der Waals surface area contributed by atoms with E-state index in [2.05, 4.69) is 44.6 Å². The Hall–Kier alpha value is -2.15. The molecule has 0 amide bonds. The van der Waals surface area contributed by atoms with Gasteiger partial charge in [0.25, 0.3) is 0 Å². The molecule has 7 nitrogen and oxygen atoms in total. The molecule has 1 fully saturated rings. The van der Waals surface area contributed by atoms with E-state index in [9.17, 15) is 0 Å². The zero-order chi connectivity index (χ0) is 16.1. The Morgan fingerprint density at radius 3 is 2.50 bits per heavy atom. The number of aromatic amines is 1. The molecule has 7 heteroatoms. The first-order chi connectivity index (χ1) is 10.6. The fourth-order valence-electron chi connectivity index (χ4n) is 2.64. The highest BCUT2D eigenvalue weighted by Crippen LogP contribution is 2.29. The summed E-state index contributed by atoms with van der Waals surface area (Å²) in [6.45, 7) is 6.34. The minimum absolute atomic E-state index is 0.320. The van der Waals surface area contributed by atoms with Crippen LogP contribution in [0.4, 0.5) is 11.8 Å². The smallest absolute Gasteiger partial charge is 0.222 e. The zero-order valence-corrected chi connectivity index (χ0v) is 13.5. The number of anilines is 2. The lowest BCUT2D eigenvalue weighted by molar-refractivity contribution is 0.811. The number of hydrogen-bond donors (Lipinski definition) is 3. The Kier molecular flexibility index (Phi) is 5.32. The van der Waals surface area contributed by atoms with E-state index in [0.29, 0.717) is 11.9 Å². The Bertz CT molecular complexity index is 600. The van der Waals surface area contributed by atoms with Crippen molar-refractivity contribution in [1.82, 2.24) is 20.2 Å². The molecule has 3 heterocycles. The second-order valence-corrected chi connectivity index (χ2v) is 5.52. The van der Waals surface area contributed by atoms with Crippen LogP contribution < -0.4 is 16.4 Å². The predicted molar refractivity (Wildman–Crippen MR) is 89.7 cm³/mol. The van der Waals surface area contributed by atoms with Gasteiger partial charge in [-0.3, -0.25) is 5.10 Å². The number of nitrogens with two attached hydrogens (primary N) is 2. The average molecular weight is 303 g/mol. The third kappa shape index (κ3) is 3.36. The second kappa shape index (κ2) is 7.22. The van der Waals surface area contributed by atoms with Crippen LogP contribution in [0.15, 0.2) is 12.3 Å². The van der Waals surface area contributed by atoms with Gasteiger partial charge in [0, 0.05) is 30.4 Å². The van der Waals surface area contributed by atoms with Gasteiger partial charge in [0.1, 0.15) is 5.82 Å². The lowest BCUT2D eigenvalue weighted by atomic mass is 10.0. The summed E-state index contributed by atoms with van der Waals surface area (Å²) in [6, 6.07) is 2.01. The van der Waals surface area contributed by atoms with Gasteiger partial charge >= 0.3 is 0 Å². The van der Waals surface area contributed by atoms with Crippen molar-refractivity contribution in [2.24, 2.45) is 5.73 Å². The summed E-state index contributed by atoms with van der Waals surface area (Å²) in [4.78, 5) is 11.0. The summed E-state index contributed by atoms with van der Waals surface area (Å²) in [7, 11) is 1.50. The highest BCUT2D eigenvalue weighted by atomic mass is 15.2. The molecule has 120 valence electrons. The quantitative estimate of drug-likeness (QED) is 0.797. The monoisotopic (exact) mass is 303 g/mol. The van der Waals surface area contributed by atoms with Crippen molar-refractivity contribution >= 4 is 11.8 Å². The predicted octanol–water partition coefficient (Wildman–Crippen LogP) is 1.75. The summed E-state index contributed by atoms with van der Waals surface area (Å²) in [5.74, 6) is 1.60. The van der Waals surface area contributed by atoms with Crippen LogP contribution >= 0.6 is 0 Å². The van der Waals surface area contributed by atoms with Crippen molar-refractivity contribution in [2.75, 3.05) is 30.8 Å². The van der Waals surface area contributed by atoms with Gasteiger partial charge in [-0.15, -0.1) is 0 Å². The topological polar surface area (TPSA) is 110 Å². The van der Waals surface area contributed by atoms with Crippen LogP contribution in [0.25, 0.3) is 11.3 Å². The van der Waals surface area contributed by atoms with Crippen molar-refractivity contribution in [1.29, 1.82) is 0 Å². The number of rotatable bonds is 3. The van der Waals surface area contributed by atoms with Crippen LogP contribution in [0, 0.1) is 0 Å². The van der Waals surface area contributed by atoms with Gasteiger partial charge in [-0.2, -0.15) is 10.1 Å². The first-order valence-electron chi connectivity index (χ1n) is 7.66. The first-order valence-corrected chi connectivity index (χ1v) is 7.66. The van der Waals surface area contributed by atoms with E-state index in [1.165, 1.54) is 19.9 Å². The van der Waals surface area contributed by atoms with Gasteiger partial charge in [-0.25, -0.2) is 4.98 Å². The van der Waals surface area contributed by atoms with Crippen molar-refractivity contribution in [3.8, 4) is 11.3 Å². The molecule has 22 heavy (non-hydrogen) atoms. The van der Waals surface area contributed by atoms with E-state index in [0.717, 1.165) is 35.9 Å². The van der Waals surface area contributed by atoms with E-state index >= 15 is 0 Å². The number of H-pyrrole nitrogens is 1. The van der Waals surface area contributed by atoms with E-state index < -0.39 is 0 Å². The first kappa shape index (κ1) is 16.2. The van der Waals surface area contributed by atoms with Gasteiger partial charge in [0.2, 0.25) is 5.95 Å². The molecule has 1 saturated heterocycles. The molecule has 2 aromatic heterocycles. The lowest BCUT2D eigenvalue weighted by Gasteiger charge is -2.17. The molecular formula is C15H25N7. The Morgan fingerprint density at radius 1 is 1.18 bits per heavy atom. The highest BCUT2D eigenvalue weighted by Gasteiger charge is 2.18. The van der Waals surface area contributed by atoms with Crippen molar-refractivity contribution in [3.05, 3.63) is 18.0 Å². The Balaban J connectivity index is 0.000000847. The normalized spacial score (nSPS) is 14.1. The summed E-state index contributed by atoms with van der Waals surface area (Å²) in [6.07, 6.45) is 4.23. The third-order valence-corrected chi connectivity index (χ3v) is 3.68. The highest BCUT2D eigenvalue weighted by molar-refractivity contribution is 5.66. The number of hydrogen-bond acceptors (Lipinski definition) is 6. The van der Waals surface area contributed by atoms with Crippen LogP contribution in [-0.2, 0) is 0 Å². The summed E-state index contributed by atoms with van der Waals surface area (Å²) < 4.78 is 0. The maximum Gasteiger partial charge on any atom is 0.222 e. The lowest BCUT2D eigenvalue weighted by Crippen LogP contribution is -2.19. The minimum atomic E-state index is 0.320. The molecular weight excluding hydrogens is 278 g/mol. The summed E-state index contributed by atoms with van der Waals surface area (Å²) in [5, 5.41) is 7.18. The van der Waals surface area contributed by atoms with Crippen LogP contribution in [0.5, 0.6) is 0 Å². The molecule has 0 unspecified atom stereocenters. The standard InChI is InChI=1S/C14H20N6.CH5N/c1-9(2)13-10(8-16-19-13)11-7-12(18-14(15)17-11)20-5-3-4-6-20;1-2/h7-9H,3-6H2,1-2H3,(H,16,19)(H2,15,17,18);2H2,1H3. The molecule has 0 radical (unpaired) electrons. The molecule has 0 atom stereocenters. The summed E-state index contributed by atoms with van der Waals surface area (Å²) >= 11 is 0. The maximum atomic E-state index is 5.88. The molecule has 2 aromatic rings. The van der Waals surface area contributed by atoms with Crippen molar-refractivity contribution in [2.45, 2.75) is 32.6 Å². The van der Waals surface area contributed by atoms with Crippen LogP contribution in [-0.4, -0.2) is 40.3 Å². The van der Waals surface area contributed by atoms with Gasteiger partial charge < -0.3 is 16.4 Å². The number of aromatic nitrogens is 4. The molecule has 5 N–H and O–H groups in total. The summed E-state index contributed by atoms with van der Waals surface area (Å²) in [5.41, 5.74) is 13.3. The molecule has 0 saturated carbocycles. The molecule has 0 spiro atoms. The Labute approximate surface area is 131 Å². The molecule has 0 aromatic carbocycles. The fourth-order valence-corrected chi connectivity index (χ4v) is 2.64. The van der Waals surface area contributed by atoms with E-state index in [1.807, 2.05) is 12.3 Å². The molecule has 1 aliphatic heterocycles.